The molecular formula is C25H18F3NO5. The van der Waals surface area contributed by atoms with Gasteiger partial charge in [0, 0.05) is 5.92 Å². The molecule has 0 spiro atoms. The number of halogens is 3. The molecule has 9 heteroatoms. The molecule has 0 saturated carbocycles. The molecule has 3 aromatic rings. The number of aliphatic carboxylic acids is 1. The summed E-state index contributed by atoms with van der Waals surface area (Å²) >= 11 is 0. The molecular weight excluding hydrogens is 451 g/mol. The molecule has 34 heavy (non-hydrogen) atoms. The van der Waals surface area contributed by atoms with Gasteiger partial charge in [-0.25, -0.2) is 9.59 Å². The topological polar surface area (TPSA) is 76.1 Å². The summed E-state index contributed by atoms with van der Waals surface area (Å²) < 4.78 is 50.6. The fourth-order valence-corrected chi connectivity index (χ4v) is 4.43. The third-order valence-corrected chi connectivity index (χ3v) is 6.03. The maximum atomic E-state index is 13.3. The number of carbonyl (C=O) groups is 2. The van der Waals surface area contributed by atoms with Crippen LogP contribution in [0.4, 0.5) is 23.7 Å². The van der Waals surface area contributed by atoms with Gasteiger partial charge in [0.2, 0.25) is 6.10 Å². The summed E-state index contributed by atoms with van der Waals surface area (Å²) in [6, 6.07) is 18.0. The average molecular weight is 469 g/mol. The van der Waals surface area contributed by atoms with Crippen LogP contribution < -0.4 is 9.64 Å². The van der Waals surface area contributed by atoms with Gasteiger partial charge in [-0.15, -0.1) is 0 Å². The zero-order valence-corrected chi connectivity index (χ0v) is 17.6. The molecule has 1 heterocycles. The number of benzene rings is 3. The standard InChI is InChI=1S/C25H18F3NO5/c26-25(27,28)14-9-10-21-20(11-14)29(12-22(34-21)23(30)31)24(32)33-13-19-17-7-3-1-5-15(17)16-6-2-4-8-18(16)19/h1-11,19,22H,12-13H2,(H,30,31). The molecule has 1 aliphatic carbocycles. The Hall–Kier alpha value is -4.01. The molecule has 0 fully saturated rings. The van der Waals surface area contributed by atoms with Gasteiger partial charge in [-0.05, 0) is 40.5 Å². The van der Waals surface area contributed by atoms with Gasteiger partial charge in [0.15, 0.2) is 0 Å². The van der Waals surface area contributed by atoms with Crippen molar-refractivity contribution in [3.8, 4) is 16.9 Å². The number of carboxylic acids is 1. The average Bonchev–Trinajstić information content (AvgIpc) is 3.14. The van der Waals surface area contributed by atoms with Crippen LogP contribution in [0.2, 0.25) is 0 Å². The van der Waals surface area contributed by atoms with Gasteiger partial charge >= 0.3 is 18.2 Å². The van der Waals surface area contributed by atoms with Crippen molar-refractivity contribution < 1.29 is 37.3 Å². The van der Waals surface area contributed by atoms with Crippen LogP contribution in [0.25, 0.3) is 11.1 Å². The molecule has 1 aliphatic heterocycles. The highest BCUT2D eigenvalue weighted by Crippen LogP contribution is 2.45. The number of rotatable bonds is 3. The maximum absolute atomic E-state index is 13.3. The fraction of sp³-hybridized carbons (Fsp3) is 0.200. The van der Waals surface area contributed by atoms with E-state index in [1.807, 2.05) is 48.5 Å². The summed E-state index contributed by atoms with van der Waals surface area (Å²) in [5, 5.41) is 9.38. The fourth-order valence-electron chi connectivity index (χ4n) is 4.43. The van der Waals surface area contributed by atoms with Gasteiger partial charge in [0.05, 0.1) is 17.8 Å². The van der Waals surface area contributed by atoms with Crippen molar-refractivity contribution in [3.63, 3.8) is 0 Å². The van der Waals surface area contributed by atoms with Crippen molar-refractivity contribution in [2.75, 3.05) is 18.1 Å². The Morgan fingerprint density at radius 3 is 2.21 bits per heavy atom. The first-order chi connectivity index (χ1) is 16.2. The Kier molecular flexibility index (Phi) is 5.19. The van der Waals surface area contributed by atoms with Crippen LogP contribution in [0.1, 0.15) is 22.6 Å². The molecule has 1 atom stereocenters. The highest BCUT2D eigenvalue weighted by molar-refractivity contribution is 5.92. The van der Waals surface area contributed by atoms with Crippen LogP contribution in [0.5, 0.6) is 5.75 Å². The van der Waals surface area contributed by atoms with E-state index < -0.39 is 36.5 Å². The number of ether oxygens (including phenoxy) is 2. The Labute approximate surface area is 192 Å². The van der Waals surface area contributed by atoms with Crippen molar-refractivity contribution in [1.29, 1.82) is 0 Å². The van der Waals surface area contributed by atoms with E-state index in [4.69, 9.17) is 9.47 Å². The smallest absolute Gasteiger partial charge is 0.416 e. The van der Waals surface area contributed by atoms with Crippen LogP contribution in [-0.4, -0.2) is 36.4 Å². The summed E-state index contributed by atoms with van der Waals surface area (Å²) in [6.07, 6.45) is -7.03. The Morgan fingerprint density at radius 1 is 1.00 bits per heavy atom. The third kappa shape index (κ3) is 3.72. The van der Waals surface area contributed by atoms with Gasteiger partial charge in [-0.3, -0.25) is 4.90 Å². The molecule has 1 unspecified atom stereocenters. The number of amides is 1. The zero-order chi connectivity index (χ0) is 24.0. The van der Waals surface area contributed by atoms with E-state index in [0.29, 0.717) is 0 Å². The number of alkyl halides is 3. The molecule has 3 aromatic carbocycles. The normalized spacial score (nSPS) is 16.8. The highest BCUT2D eigenvalue weighted by Gasteiger charge is 2.39. The summed E-state index contributed by atoms with van der Waals surface area (Å²) in [4.78, 5) is 25.4. The lowest BCUT2D eigenvalue weighted by Gasteiger charge is -2.33. The van der Waals surface area contributed by atoms with E-state index in [9.17, 15) is 27.9 Å². The first kappa shape index (κ1) is 21.8. The van der Waals surface area contributed by atoms with Gasteiger partial charge < -0.3 is 14.6 Å². The lowest BCUT2D eigenvalue weighted by Crippen LogP contribution is -2.47. The summed E-state index contributed by atoms with van der Waals surface area (Å²) in [5.74, 6) is -1.74. The molecule has 0 saturated heterocycles. The second-order valence-corrected chi connectivity index (χ2v) is 8.04. The van der Waals surface area contributed by atoms with Gasteiger partial charge in [-0.2, -0.15) is 13.2 Å². The van der Waals surface area contributed by atoms with Crippen molar-refractivity contribution in [3.05, 3.63) is 83.4 Å². The summed E-state index contributed by atoms with van der Waals surface area (Å²) in [6.45, 7) is -0.545. The van der Waals surface area contributed by atoms with Crippen molar-refractivity contribution >= 4 is 17.7 Å². The van der Waals surface area contributed by atoms with E-state index in [0.717, 1.165) is 45.4 Å². The minimum atomic E-state index is -4.65. The lowest BCUT2D eigenvalue weighted by molar-refractivity contribution is -0.145. The molecule has 174 valence electrons. The van der Waals surface area contributed by atoms with E-state index in [1.54, 1.807) is 0 Å². The molecule has 1 amide bonds. The number of carboxylic acid groups (broad SMARTS) is 1. The predicted octanol–water partition coefficient (Wildman–Crippen LogP) is 5.31. The van der Waals surface area contributed by atoms with E-state index in [-0.39, 0.29) is 24.0 Å². The highest BCUT2D eigenvalue weighted by atomic mass is 19.4. The van der Waals surface area contributed by atoms with Gasteiger partial charge in [-0.1, -0.05) is 48.5 Å². The zero-order valence-electron chi connectivity index (χ0n) is 17.6. The van der Waals surface area contributed by atoms with Crippen molar-refractivity contribution in [2.24, 2.45) is 0 Å². The van der Waals surface area contributed by atoms with E-state index >= 15 is 0 Å². The second-order valence-electron chi connectivity index (χ2n) is 8.04. The first-order valence-electron chi connectivity index (χ1n) is 10.5. The van der Waals surface area contributed by atoms with Crippen molar-refractivity contribution in [1.82, 2.24) is 0 Å². The summed E-state index contributed by atoms with van der Waals surface area (Å²) in [5.41, 5.74) is 2.82. The number of hydrogen-bond donors (Lipinski definition) is 1. The Morgan fingerprint density at radius 2 is 1.62 bits per heavy atom. The molecule has 1 N–H and O–H groups in total. The van der Waals surface area contributed by atoms with Crippen LogP contribution in [0, 0.1) is 0 Å². The largest absolute Gasteiger partial charge is 0.478 e. The van der Waals surface area contributed by atoms with Gasteiger partial charge in [0.1, 0.15) is 12.4 Å². The Bertz CT molecular complexity index is 1240. The number of nitrogens with zero attached hydrogens (tertiary/aromatic N) is 1. The molecule has 0 radical (unpaired) electrons. The molecule has 6 nitrogen and oxygen atoms in total. The van der Waals surface area contributed by atoms with Crippen LogP contribution in [0.3, 0.4) is 0 Å². The second kappa shape index (κ2) is 8.09. The monoisotopic (exact) mass is 469 g/mol. The SMILES string of the molecule is O=C(O)C1CN(C(=O)OCC2c3ccccc3-c3ccccc32)c2cc(C(F)(F)F)ccc2O1. The molecule has 2 aliphatic rings. The molecule has 0 bridgehead atoms. The minimum absolute atomic E-state index is 0.0593. The van der Waals surface area contributed by atoms with Crippen LogP contribution in [-0.2, 0) is 15.7 Å². The quantitative estimate of drug-likeness (QED) is 0.563. The lowest BCUT2D eigenvalue weighted by atomic mass is 9.98. The van der Waals surface area contributed by atoms with E-state index in [2.05, 4.69) is 0 Å². The van der Waals surface area contributed by atoms with Gasteiger partial charge in [0.25, 0.3) is 0 Å². The third-order valence-electron chi connectivity index (χ3n) is 6.03. The minimum Gasteiger partial charge on any atom is -0.478 e. The number of fused-ring (bicyclic) bond motifs is 4. The first-order valence-corrected chi connectivity index (χ1v) is 10.5. The number of carbonyl (C=O) groups excluding carboxylic acids is 1. The van der Waals surface area contributed by atoms with Crippen molar-refractivity contribution in [2.45, 2.75) is 18.2 Å². The summed E-state index contributed by atoms with van der Waals surface area (Å²) in [7, 11) is 0. The molecule has 5 rings (SSSR count). The van der Waals surface area contributed by atoms with Crippen LogP contribution >= 0.6 is 0 Å². The number of hydrogen-bond acceptors (Lipinski definition) is 4. The molecule has 0 aromatic heterocycles. The predicted molar refractivity (Wildman–Crippen MR) is 116 cm³/mol. The maximum Gasteiger partial charge on any atom is 0.416 e. The Balaban J connectivity index is 1.43. The van der Waals surface area contributed by atoms with Crippen LogP contribution in [0.15, 0.2) is 66.7 Å². The van der Waals surface area contributed by atoms with E-state index in [1.165, 1.54) is 0 Å². The number of anilines is 1.